The fraction of sp³-hybridized carbons (Fsp3) is 0.176. The third-order valence-electron chi connectivity index (χ3n) is 4.07. The zero-order valence-electron chi connectivity index (χ0n) is 12.9. The van der Waals surface area contributed by atoms with Crippen molar-refractivity contribution in [2.24, 2.45) is 0 Å². The number of hydrogen-bond acceptors (Lipinski definition) is 5. The van der Waals surface area contributed by atoms with Crippen LogP contribution in [0.5, 0.6) is 0 Å². The molecule has 0 spiro atoms. The minimum absolute atomic E-state index is 0.142. The Bertz CT molecular complexity index is 1020. The van der Waals surface area contributed by atoms with E-state index in [0.29, 0.717) is 28.2 Å². The van der Waals surface area contributed by atoms with Gasteiger partial charge in [0.25, 0.3) is 17.4 Å². The number of rotatable bonds is 3. The molecule has 1 aliphatic heterocycles. The Balaban J connectivity index is 1.62. The van der Waals surface area contributed by atoms with Crippen LogP contribution < -0.4 is 5.56 Å². The Morgan fingerprint density at radius 2 is 1.75 bits per heavy atom. The highest BCUT2D eigenvalue weighted by molar-refractivity contribution is 7.15. The van der Waals surface area contributed by atoms with E-state index in [2.05, 4.69) is 4.98 Å². The summed E-state index contributed by atoms with van der Waals surface area (Å²) in [7, 11) is 0. The van der Waals surface area contributed by atoms with Crippen molar-refractivity contribution in [1.29, 1.82) is 0 Å². The van der Waals surface area contributed by atoms with E-state index < -0.39 is 0 Å². The molecule has 0 radical (unpaired) electrons. The third kappa shape index (κ3) is 2.16. The molecule has 0 bridgehead atoms. The van der Waals surface area contributed by atoms with Gasteiger partial charge in [0.2, 0.25) is 0 Å². The van der Waals surface area contributed by atoms with Gasteiger partial charge in [0, 0.05) is 35.8 Å². The summed E-state index contributed by atoms with van der Waals surface area (Å²) in [6, 6.07) is 8.28. The topological polar surface area (TPSA) is 71.8 Å². The second-order valence-corrected chi connectivity index (χ2v) is 6.47. The summed E-state index contributed by atoms with van der Waals surface area (Å²) in [6.07, 6.45) is 0.413. The molecule has 0 saturated carbocycles. The zero-order chi connectivity index (χ0) is 16.8. The molecule has 120 valence electrons. The molecule has 3 aromatic rings. The van der Waals surface area contributed by atoms with Gasteiger partial charge < -0.3 is 0 Å². The fourth-order valence-electron chi connectivity index (χ4n) is 2.93. The Morgan fingerprint density at radius 1 is 1.08 bits per heavy atom. The van der Waals surface area contributed by atoms with Gasteiger partial charge in [0.1, 0.15) is 0 Å². The van der Waals surface area contributed by atoms with Crippen LogP contribution in [-0.2, 0) is 6.42 Å². The van der Waals surface area contributed by atoms with Crippen molar-refractivity contribution in [1.82, 2.24) is 14.3 Å². The van der Waals surface area contributed by atoms with E-state index >= 15 is 0 Å². The summed E-state index contributed by atoms with van der Waals surface area (Å²) < 4.78 is 1.54. The van der Waals surface area contributed by atoms with Crippen molar-refractivity contribution in [2.75, 3.05) is 6.54 Å². The quantitative estimate of drug-likeness (QED) is 0.683. The molecule has 1 aliphatic rings. The summed E-state index contributed by atoms with van der Waals surface area (Å²) in [5, 5.41) is 1.85. The number of fused-ring (bicyclic) bond motifs is 2. The molecule has 0 fully saturated rings. The van der Waals surface area contributed by atoms with Crippen molar-refractivity contribution in [3.63, 3.8) is 0 Å². The van der Waals surface area contributed by atoms with Gasteiger partial charge >= 0.3 is 0 Å². The smallest absolute Gasteiger partial charge is 0.261 e. The Labute approximate surface area is 141 Å². The van der Waals surface area contributed by atoms with Crippen LogP contribution in [0, 0.1) is 6.92 Å². The highest BCUT2D eigenvalue weighted by Crippen LogP contribution is 2.23. The van der Waals surface area contributed by atoms with Crippen molar-refractivity contribution in [2.45, 2.75) is 13.3 Å². The molecule has 6 nitrogen and oxygen atoms in total. The van der Waals surface area contributed by atoms with Crippen molar-refractivity contribution in [3.8, 4) is 0 Å². The molecule has 24 heavy (non-hydrogen) atoms. The monoisotopic (exact) mass is 339 g/mol. The number of imide groups is 1. The molecule has 4 rings (SSSR count). The van der Waals surface area contributed by atoms with E-state index in [1.807, 2.05) is 5.38 Å². The zero-order valence-corrected chi connectivity index (χ0v) is 13.7. The molecule has 0 aliphatic carbocycles. The predicted octanol–water partition coefficient (Wildman–Crippen LogP) is 1.90. The summed E-state index contributed by atoms with van der Waals surface area (Å²) in [5.41, 5.74) is 2.16. The molecule has 0 saturated heterocycles. The number of carbonyl (C=O) groups excluding carboxylic acids is 2. The first-order chi connectivity index (χ1) is 11.6. The van der Waals surface area contributed by atoms with Gasteiger partial charge in [-0.3, -0.25) is 23.7 Å². The molecule has 0 N–H and O–H groups in total. The molecular formula is C17H13N3O3S. The van der Waals surface area contributed by atoms with Crippen LogP contribution in [0.3, 0.4) is 0 Å². The van der Waals surface area contributed by atoms with Crippen LogP contribution in [0.2, 0.25) is 0 Å². The highest BCUT2D eigenvalue weighted by Gasteiger charge is 2.34. The SMILES string of the molecule is Cc1cc(=O)n2c(CCN3C(=O)c4ccccc4C3=O)csc2n1. The Morgan fingerprint density at radius 3 is 2.42 bits per heavy atom. The van der Waals surface area contributed by atoms with Crippen molar-refractivity contribution >= 4 is 28.1 Å². The molecule has 0 atom stereocenters. The number of aryl methyl sites for hydroxylation is 1. The maximum absolute atomic E-state index is 12.4. The Kier molecular flexibility index (Phi) is 3.31. The second-order valence-electron chi connectivity index (χ2n) is 5.64. The molecule has 0 unspecified atom stereocenters. The van der Waals surface area contributed by atoms with Gasteiger partial charge in [-0.05, 0) is 19.1 Å². The Hall–Kier alpha value is -2.80. The lowest BCUT2D eigenvalue weighted by atomic mass is 10.1. The van der Waals surface area contributed by atoms with E-state index in [1.54, 1.807) is 31.2 Å². The highest BCUT2D eigenvalue weighted by atomic mass is 32.1. The fourth-order valence-corrected chi connectivity index (χ4v) is 3.90. The van der Waals surface area contributed by atoms with Crippen LogP contribution in [-0.4, -0.2) is 32.6 Å². The largest absolute Gasteiger partial charge is 0.274 e. The van der Waals surface area contributed by atoms with Crippen molar-refractivity contribution in [3.05, 3.63) is 68.6 Å². The van der Waals surface area contributed by atoms with Crippen LogP contribution >= 0.6 is 11.3 Å². The number of carbonyl (C=O) groups is 2. The molecular weight excluding hydrogens is 326 g/mol. The van der Waals surface area contributed by atoms with Gasteiger partial charge in [-0.2, -0.15) is 0 Å². The van der Waals surface area contributed by atoms with Crippen LogP contribution in [0.15, 0.2) is 40.5 Å². The lowest BCUT2D eigenvalue weighted by Crippen LogP contribution is -2.32. The molecule has 3 heterocycles. The van der Waals surface area contributed by atoms with E-state index in [9.17, 15) is 14.4 Å². The number of thiazole rings is 1. The predicted molar refractivity (Wildman–Crippen MR) is 89.6 cm³/mol. The third-order valence-corrected chi connectivity index (χ3v) is 4.95. The van der Waals surface area contributed by atoms with Gasteiger partial charge in [-0.15, -0.1) is 11.3 Å². The van der Waals surface area contributed by atoms with E-state index in [4.69, 9.17) is 0 Å². The summed E-state index contributed by atoms with van der Waals surface area (Å²) in [6.45, 7) is 2.01. The molecule has 7 heteroatoms. The second kappa shape index (κ2) is 5.38. The first-order valence-electron chi connectivity index (χ1n) is 7.48. The lowest BCUT2D eigenvalue weighted by Gasteiger charge is -2.13. The number of aromatic nitrogens is 2. The molecule has 2 aromatic heterocycles. The maximum atomic E-state index is 12.4. The van der Waals surface area contributed by atoms with Gasteiger partial charge in [0.05, 0.1) is 11.1 Å². The van der Waals surface area contributed by atoms with Crippen LogP contribution in [0.25, 0.3) is 4.96 Å². The maximum Gasteiger partial charge on any atom is 0.261 e. The minimum Gasteiger partial charge on any atom is -0.274 e. The summed E-state index contributed by atoms with van der Waals surface area (Å²) in [4.78, 5) is 43.1. The first kappa shape index (κ1) is 14.8. The first-order valence-corrected chi connectivity index (χ1v) is 8.36. The van der Waals surface area contributed by atoms with E-state index in [-0.39, 0.29) is 23.9 Å². The average Bonchev–Trinajstić information content (AvgIpc) is 3.07. The van der Waals surface area contributed by atoms with Crippen molar-refractivity contribution < 1.29 is 9.59 Å². The van der Waals surface area contributed by atoms with Gasteiger partial charge in [0.15, 0.2) is 4.96 Å². The molecule has 2 amide bonds. The summed E-state index contributed by atoms with van der Waals surface area (Å²) in [5.74, 6) is -0.562. The van der Waals surface area contributed by atoms with Crippen LogP contribution in [0.4, 0.5) is 0 Å². The van der Waals surface area contributed by atoms with Gasteiger partial charge in [-0.25, -0.2) is 4.98 Å². The van der Waals surface area contributed by atoms with E-state index in [0.717, 1.165) is 5.69 Å². The summed E-state index contributed by atoms with van der Waals surface area (Å²) >= 11 is 1.38. The minimum atomic E-state index is -0.281. The van der Waals surface area contributed by atoms with E-state index in [1.165, 1.54) is 26.7 Å². The number of benzene rings is 1. The molecule has 1 aromatic carbocycles. The number of nitrogens with zero attached hydrogens (tertiary/aromatic N) is 3. The van der Waals surface area contributed by atoms with Gasteiger partial charge in [-0.1, -0.05) is 12.1 Å². The number of hydrogen-bond donors (Lipinski definition) is 0. The lowest BCUT2D eigenvalue weighted by molar-refractivity contribution is 0.0656. The number of amides is 2. The average molecular weight is 339 g/mol. The standard InChI is InChI=1S/C17H13N3O3S/c1-10-8-14(21)20-11(9-24-17(20)18-10)6-7-19-15(22)12-4-2-3-5-13(12)16(19)23/h2-5,8-9H,6-7H2,1H3. The normalized spacial score (nSPS) is 13.8. The van der Waals surface area contributed by atoms with Crippen LogP contribution in [0.1, 0.15) is 32.1 Å².